The summed E-state index contributed by atoms with van der Waals surface area (Å²) in [5.74, 6) is 1.66. The van der Waals surface area contributed by atoms with Crippen molar-refractivity contribution < 1.29 is 9.53 Å². The number of hydrogen-bond acceptors (Lipinski definition) is 3. The molecule has 0 unspecified atom stereocenters. The van der Waals surface area contributed by atoms with Crippen molar-refractivity contribution in [3.8, 4) is 5.75 Å². The first-order chi connectivity index (χ1) is 15.6. The lowest BCUT2D eigenvalue weighted by molar-refractivity contribution is 0.0953. The first kappa shape index (κ1) is 22.2. The predicted octanol–water partition coefficient (Wildman–Crippen LogP) is 5.78. The number of aromatic nitrogens is 2. The quantitative estimate of drug-likeness (QED) is 0.317. The van der Waals surface area contributed by atoms with E-state index in [2.05, 4.69) is 16.0 Å². The molecule has 7 heteroatoms. The van der Waals surface area contributed by atoms with E-state index in [1.807, 2.05) is 42.5 Å². The largest absolute Gasteiger partial charge is 0.492 e. The van der Waals surface area contributed by atoms with Gasteiger partial charge in [0.05, 0.1) is 17.6 Å². The van der Waals surface area contributed by atoms with Gasteiger partial charge >= 0.3 is 0 Å². The lowest BCUT2D eigenvalue weighted by atomic mass is 10.2. The number of ether oxygens (including phenoxy) is 1. The molecule has 1 aromatic heterocycles. The van der Waals surface area contributed by atoms with E-state index >= 15 is 0 Å². The fourth-order valence-electron chi connectivity index (χ4n) is 3.50. The van der Waals surface area contributed by atoms with Crippen LogP contribution in [0.3, 0.4) is 0 Å². The maximum absolute atomic E-state index is 12.3. The zero-order valence-electron chi connectivity index (χ0n) is 17.4. The highest BCUT2D eigenvalue weighted by atomic mass is 35.5. The molecule has 0 aliphatic heterocycles. The molecule has 0 aliphatic carbocycles. The SMILES string of the molecule is O=C(NCCCc1nc2ccccc2n1CCOc1ccc(Cl)cc1)c1ccc(Cl)cc1. The monoisotopic (exact) mass is 467 g/mol. The molecular weight excluding hydrogens is 445 g/mol. The number of benzene rings is 3. The summed E-state index contributed by atoms with van der Waals surface area (Å²) in [6, 6.07) is 22.3. The van der Waals surface area contributed by atoms with Crippen molar-refractivity contribution >= 4 is 40.1 Å². The smallest absolute Gasteiger partial charge is 0.251 e. The normalized spacial score (nSPS) is 10.9. The van der Waals surface area contributed by atoms with Crippen molar-refractivity contribution in [2.24, 2.45) is 0 Å². The molecule has 1 N–H and O–H groups in total. The predicted molar refractivity (Wildman–Crippen MR) is 129 cm³/mol. The van der Waals surface area contributed by atoms with Gasteiger partial charge in [-0.1, -0.05) is 35.3 Å². The van der Waals surface area contributed by atoms with Crippen LogP contribution < -0.4 is 10.1 Å². The Bertz CT molecular complexity index is 1190. The van der Waals surface area contributed by atoms with Crippen LogP contribution in [0.25, 0.3) is 11.0 Å². The molecule has 0 fully saturated rings. The van der Waals surface area contributed by atoms with E-state index < -0.39 is 0 Å². The minimum Gasteiger partial charge on any atom is -0.492 e. The van der Waals surface area contributed by atoms with E-state index in [1.165, 1.54) is 0 Å². The summed E-state index contributed by atoms with van der Waals surface area (Å²) in [6.45, 7) is 1.75. The van der Waals surface area contributed by atoms with Crippen molar-refractivity contribution in [2.45, 2.75) is 19.4 Å². The first-order valence-electron chi connectivity index (χ1n) is 10.5. The Morgan fingerprint density at radius 1 is 0.938 bits per heavy atom. The van der Waals surface area contributed by atoms with Crippen LogP contribution >= 0.6 is 23.2 Å². The zero-order chi connectivity index (χ0) is 22.3. The van der Waals surface area contributed by atoms with Gasteiger partial charge in [-0.3, -0.25) is 4.79 Å². The molecular formula is C25H23Cl2N3O2. The van der Waals surface area contributed by atoms with Crippen LogP contribution in [0.2, 0.25) is 10.0 Å². The number of imidazole rings is 1. The topological polar surface area (TPSA) is 56.2 Å². The van der Waals surface area contributed by atoms with Crippen LogP contribution in [0.1, 0.15) is 22.6 Å². The number of aryl methyl sites for hydroxylation is 1. The number of halogens is 2. The minimum absolute atomic E-state index is 0.105. The molecule has 3 aromatic carbocycles. The van der Waals surface area contributed by atoms with Gasteiger partial charge in [0.25, 0.3) is 5.91 Å². The Kier molecular flexibility index (Phi) is 7.30. The molecule has 1 heterocycles. The molecule has 0 bridgehead atoms. The molecule has 164 valence electrons. The summed E-state index contributed by atoms with van der Waals surface area (Å²) in [7, 11) is 0. The average Bonchev–Trinajstić information content (AvgIpc) is 3.16. The van der Waals surface area contributed by atoms with Gasteiger partial charge in [-0.15, -0.1) is 0 Å². The molecule has 32 heavy (non-hydrogen) atoms. The van der Waals surface area contributed by atoms with E-state index in [1.54, 1.807) is 24.3 Å². The number of nitrogens with zero attached hydrogens (tertiary/aromatic N) is 2. The van der Waals surface area contributed by atoms with Gasteiger partial charge in [0.15, 0.2) is 0 Å². The van der Waals surface area contributed by atoms with E-state index in [-0.39, 0.29) is 5.91 Å². The minimum atomic E-state index is -0.105. The summed E-state index contributed by atoms with van der Waals surface area (Å²) >= 11 is 11.8. The third kappa shape index (κ3) is 5.61. The highest BCUT2D eigenvalue weighted by Gasteiger charge is 2.11. The van der Waals surface area contributed by atoms with Gasteiger partial charge < -0.3 is 14.6 Å². The maximum Gasteiger partial charge on any atom is 0.251 e. The molecule has 0 atom stereocenters. The van der Waals surface area contributed by atoms with E-state index in [0.29, 0.717) is 35.3 Å². The zero-order valence-corrected chi connectivity index (χ0v) is 18.9. The lowest BCUT2D eigenvalue weighted by Crippen LogP contribution is -2.25. The molecule has 0 saturated carbocycles. The Labute approximate surface area is 196 Å². The summed E-state index contributed by atoms with van der Waals surface area (Å²) in [5.41, 5.74) is 2.63. The van der Waals surface area contributed by atoms with Crippen molar-refractivity contribution in [1.82, 2.24) is 14.9 Å². The standard InChI is InChI=1S/C25H23Cl2N3O2/c26-19-9-7-18(8-10-19)25(31)28-15-3-6-24-29-22-4-1-2-5-23(22)30(24)16-17-32-21-13-11-20(27)12-14-21/h1-2,4-5,7-14H,3,6,15-17H2,(H,28,31). The molecule has 4 rings (SSSR count). The van der Waals surface area contributed by atoms with Crippen LogP contribution in [-0.2, 0) is 13.0 Å². The third-order valence-electron chi connectivity index (χ3n) is 5.10. The highest BCUT2D eigenvalue weighted by Crippen LogP contribution is 2.19. The number of para-hydroxylation sites is 2. The van der Waals surface area contributed by atoms with Gasteiger partial charge in [-0.25, -0.2) is 4.98 Å². The second-order valence-electron chi connectivity index (χ2n) is 7.34. The van der Waals surface area contributed by atoms with E-state index in [9.17, 15) is 4.79 Å². The highest BCUT2D eigenvalue weighted by molar-refractivity contribution is 6.30. The van der Waals surface area contributed by atoms with Gasteiger partial charge in [0.1, 0.15) is 18.2 Å². The Balaban J connectivity index is 1.35. The molecule has 0 spiro atoms. The van der Waals surface area contributed by atoms with Crippen molar-refractivity contribution in [3.63, 3.8) is 0 Å². The Morgan fingerprint density at radius 2 is 1.62 bits per heavy atom. The first-order valence-corrected chi connectivity index (χ1v) is 11.2. The van der Waals surface area contributed by atoms with E-state index in [4.69, 9.17) is 32.9 Å². The van der Waals surface area contributed by atoms with Crippen molar-refractivity contribution in [3.05, 3.63) is 94.2 Å². The Morgan fingerprint density at radius 3 is 2.38 bits per heavy atom. The lowest BCUT2D eigenvalue weighted by Gasteiger charge is -2.11. The molecule has 5 nitrogen and oxygen atoms in total. The summed E-state index contributed by atoms with van der Waals surface area (Å²) in [5, 5.41) is 4.25. The van der Waals surface area contributed by atoms with Gasteiger partial charge in [-0.05, 0) is 67.1 Å². The fourth-order valence-corrected chi connectivity index (χ4v) is 3.76. The number of carbonyl (C=O) groups is 1. The average molecular weight is 468 g/mol. The van der Waals surface area contributed by atoms with Crippen LogP contribution in [0, 0.1) is 0 Å². The van der Waals surface area contributed by atoms with Gasteiger partial charge in [0, 0.05) is 28.6 Å². The summed E-state index contributed by atoms with van der Waals surface area (Å²) < 4.78 is 8.07. The third-order valence-corrected chi connectivity index (χ3v) is 5.60. The molecule has 0 saturated heterocycles. The molecule has 1 amide bonds. The number of rotatable bonds is 9. The molecule has 0 radical (unpaired) electrons. The second-order valence-corrected chi connectivity index (χ2v) is 8.21. The number of carbonyl (C=O) groups excluding carboxylic acids is 1. The maximum atomic E-state index is 12.3. The fraction of sp³-hybridized carbons (Fsp3) is 0.200. The Hall–Kier alpha value is -3.02. The van der Waals surface area contributed by atoms with Crippen LogP contribution in [0.15, 0.2) is 72.8 Å². The van der Waals surface area contributed by atoms with Gasteiger partial charge in [-0.2, -0.15) is 0 Å². The number of nitrogens with one attached hydrogen (secondary N) is 1. The van der Waals surface area contributed by atoms with Crippen LogP contribution in [-0.4, -0.2) is 28.6 Å². The number of amides is 1. The number of fused-ring (bicyclic) bond motifs is 1. The summed E-state index contributed by atoms with van der Waals surface area (Å²) in [4.78, 5) is 17.1. The van der Waals surface area contributed by atoms with Crippen LogP contribution in [0.4, 0.5) is 0 Å². The van der Waals surface area contributed by atoms with Crippen molar-refractivity contribution in [1.29, 1.82) is 0 Å². The van der Waals surface area contributed by atoms with E-state index in [0.717, 1.165) is 35.4 Å². The van der Waals surface area contributed by atoms with Crippen LogP contribution in [0.5, 0.6) is 5.75 Å². The molecule has 0 aliphatic rings. The molecule has 4 aromatic rings. The second kappa shape index (κ2) is 10.5. The van der Waals surface area contributed by atoms with Gasteiger partial charge in [0.2, 0.25) is 0 Å². The number of hydrogen-bond donors (Lipinski definition) is 1. The van der Waals surface area contributed by atoms with Crippen molar-refractivity contribution in [2.75, 3.05) is 13.2 Å². The summed E-state index contributed by atoms with van der Waals surface area (Å²) in [6.07, 6.45) is 1.53.